The summed E-state index contributed by atoms with van der Waals surface area (Å²) in [4.78, 5) is 0.000479. The maximum absolute atomic E-state index is 13.2. The quantitative estimate of drug-likeness (QED) is 0.624. The molecule has 7 heteroatoms. The minimum Gasteiger partial charge on any atom is -0.508 e. The molecule has 0 aromatic heterocycles. The second-order valence-electron chi connectivity index (χ2n) is 6.15. The van der Waals surface area contributed by atoms with Crippen molar-refractivity contribution in [1.82, 2.24) is 0 Å². The van der Waals surface area contributed by atoms with E-state index in [1.165, 1.54) is 42.5 Å². The van der Waals surface area contributed by atoms with E-state index in [9.17, 15) is 23.7 Å². The molecule has 27 heavy (non-hydrogen) atoms. The molecule has 0 aliphatic rings. The third-order valence-electron chi connectivity index (χ3n) is 4.14. The van der Waals surface area contributed by atoms with Crippen molar-refractivity contribution in [2.24, 2.45) is 0 Å². The fraction of sp³-hybridized carbons (Fsp3) is 0.100. The Bertz CT molecular complexity index is 1060. The smallest absolute Gasteiger partial charge is 0.264 e. The van der Waals surface area contributed by atoms with Crippen LogP contribution in [0.3, 0.4) is 0 Å². The topological polar surface area (TPSA) is 98.1 Å². The van der Waals surface area contributed by atoms with E-state index in [2.05, 4.69) is 0 Å². The molecule has 0 saturated heterocycles. The van der Waals surface area contributed by atoms with Gasteiger partial charge in [-0.2, -0.15) is 0 Å². The van der Waals surface area contributed by atoms with E-state index < -0.39 is 10.0 Å². The van der Waals surface area contributed by atoms with Crippen LogP contribution in [0.1, 0.15) is 11.1 Å². The van der Waals surface area contributed by atoms with E-state index in [1.807, 2.05) is 0 Å². The minimum absolute atomic E-state index is 0.000479. The number of hydrogen-bond donors (Lipinski definition) is 3. The molecule has 0 radical (unpaired) electrons. The molecule has 0 unspecified atom stereocenters. The molecule has 3 aromatic rings. The number of benzene rings is 3. The second kappa shape index (κ2) is 7.20. The van der Waals surface area contributed by atoms with Crippen LogP contribution in [0.4, 0.5) is 5.69 Å². The molecule has 0 aliphatic heterocycles. The van der Waals surface area contributed by atoms with Gasteiger partial charge in [0.05, 0.1) is 17.1 Å². The number of phenols is 3. The predicted molar refractivity (Wildman–Crippen MR) is 102 cm³/mol. The van der Waals surface area contributed by atoms with Gasteiger partial charge in [0, 0.05) is 6.07 Å². The number of hydrogen-bond acceptors (Lipinski definition) is 5. The lowest BCUT2D eigenvalue weighted by Crippen LogP contribution is -2.30. The summed E-state index contributed by atoms with van der Waals surface area (Å²) >= 11 is 0. The Labute approximate surface area is 157 Å². The Hall–Kier alpha value is -3.19. The van der Waals surface area contributed by atoms with Crippen LogP contribution in [0.5, 0.6) is 17.2 Å². The number of sulfonamides is 1. The zero-order valence-corrected chi connectivity index (χ0v) is 15.4. The van der Waals surface area contributed by atoms with E-state index in [0.717, 1.165) is 4.31 Å². The lowest BCUT2D eigenvalue weighted by Gasteiger charge is -2.25. The van der Waals surface area contributed by atoms with Gasteiger partial charge < -0.3 is 15.3 Å². The minimum atomic E-state index is -3.98. The van der Waals surface area contributed by atoms with E-state index in [0.29, 0.717) is 11.1 Å². The summed E-state index contributed by atoms with van der Waals surface area (Å²) in [7, 11) is -3.98. The number of anilines is 1. The first kappa shape index (κ1) is 18.6. The first-order valence-corrected chi connectivity index (χ1v) is 9.61. The monoisotopic (exact) mass is 385 g/mol. The third kappa shape index (κ3) is 3.98. The zero-order chi connectivity index (χ0) is 19.6. The van der Waals surface area contributed by atoms with Crippen molar-refractivity contribution in [3.05, 3.63) is 77.9 Å². The van der Waals surface area contributed by atoms with Crippen LogP contribution in [0, 0.1) is 6.92 Å². The van der Waals surface area contributed by atoms with Gasteiger partial charge in [0.2, 0.25) is 0 Å². The molecule has 0 fully saturated rings. The standard InChI is InChI=1S/C20H19NO5S/c1-14-5-6-16(12-20(14)24)21(13-15-3-2-4-18(23)11-15)27(25,26)19-9-7-17(22)8-10-19/h2-12,22-24H,13H2,1H3. The van der Waals surface area contributed by atoms with Gasteiger partial charge in [-0.3, -0.25) is 4.31 Å². The summed E-state index contributed by atoms with van der Waals surface area (Å²) in [6, 6.07) is 16.2. The van der Waals surface area contributed by atoms with Crippen LogP contribution < -0.4 is 4.31 Å². The van der Waals surface area contributed by atoms with E-state index in [-0.39, 0.29) is 34.4 Å². The lowest BCUT2D eigenvalue weighted by atomic mass is 10.2. The molecular formula is C20H19NO5S. The second-order valence-corrected chi connectivity index (χ2v) is 8.01. The number of phenolic OH excluding ortho intramolecular Hbond substituents is 3. The van der Waals surface area contributed by atoms with Crippen molar-refractivity contribution < 1.29 is 23.7 Å². The average Bonchev–Trinajstić information content (AvgIpc) is 2.62. The summed E-state index contributed by atoms with van der Waals surface area (Å²) in [5.41, 5.74) is 1.49. The largest absolute Gasteiger partial charge is 0.508 e. The van der Waals surface area contributed by atoms with Crippen molar-refractivity contribution in [3.8, 4) is 17.2 Å². The summed E-state index contributed by atoms with van der Waals surface area (Å²) in [6.07, 6.45) is 0. The average molecular weight is 385 g/mol. The molecule has 3 rings (SSSR count). The highest BCUT2D eigenvalue weighted by atomic mass is 32.2. The normalized spacial score (nSPS) is 11.3. The van der Waals surface area contributed by atoms with E-state index >= 15 is 0 Å². The molecule has 3 aromatic carbocycles. The zero-order valence-electron chi connectivity index (χ0n) is 14.6. The number of rotatable bonds is 5. The van der Waals surface area contributed by atoms with Crippen molar-refractivity contribution in [2.45, 2.75) is 18.4 Å². The Balaban J connectivity index is 2.11. The number of aromatic hydroxyl groups is 3. The molecule has 0 heterocycles. The molecule has 0 aliphatic carbocycles. The summed E-state index contributed by atoms with van der Waals surface area (Å²) in [5.74, 6) is -0.0305. The van der Waals surface area contributed by atoms with Crippen LogP contribution >= 0.6 is 0 Å². The van der Waals surface area contributed by atoms with Gasteiger partial charge in [0.25, 0.3) is 10.0 Å². The van der Waals surface area contributed by atoms with Crippen LogP contribution in [-0.2, 0) is 16.6 Å². The van der Waals surface area contributed by atoms with Gasteiger partial charge in [-0.1, -0.05) is 18.2 Å². The van der Waals surface area contributed by atoms with Gasteiger partial charge in [0.15, 0.2) is 0 Å². The predicted octanol–water partition coefficient (Wildman–Crippen LogP) is 3.51. The van der Waals surface area contributed by atoms with Gasteiger partial charge in [-0.15, -0.1) is 0 Å². The number of nitrogens with zero attached hydrogens (tertiary/aromatic N) is 1. The third-order valence-corrected chi connectivity index (χ3v) is 5.93. The van der Waals surface area contributed by atoms with Gasteiger partial charge in [0.1, 0.15) is 17.2 Å². The van der Waals surface area contributed by atoms with Crippen LogP contribution in [0.25, 0.3) is 0 Å². The van der Waals surface area contributed by atoms with Crippen molar-refractivity contribution in [1.29, 1.82) is 0 Å². The van der Waals surface area contributed by atoms with Gasteiger partial charge >= 0.3 is 0 Å². The Morgan fingerprint density at radius 3 is 2.19 bits per heavy atom. The molecule has 140 valence electrons. The van der Waals surface area contributed by atoms with E-state index in [1.54, 1.807) is 31.2 Å². The highest BCUT2D eigenvalue weighted by molar-refractivity contribution is 7.92. The summed E-state index contributed by atoms with van der Waals surface area (Å²) in [6.45, 7) is 1.67. The van der Waals surface area contributed by atoms with Crippen molar-refractivity contribution in [3.63, 3.8) is 0 Å². The first-order chi connectivity index (χ1) is 12.8. The van der Waals surface area contributed by atoms with E-state index in [4.69, 9.17) is 0 Å². The molecule has 6 nitrogen and oxygen atoms in total. The van der Waals surface area contributed by atoms with Crippen molar-refractivity contribution in [2.75, 3.05) is 4.31 Å². The molecule has 0 spiro atoms. The Morgan fingerprint density at radius 1 is 0.852 bits per heavy atom. The fourth-order valence-corrected chi connectivity index (χ4v) is 4.08. The maximum atomic E-state index is 13.2. The fourth-order valence-electron chi connectivity index (χ4n) is 2.63. The molecular weight excluding hydrogens is 366 g/mol. The van der Waals surface area contributed by atoms with Gasteiger partial charge in [-0.25, -0.2) is 8.42 Å². The summed E-state index contributed by atoms with van der Waals surface area (Å²) in [5, 5.41) is 29.2. The molecule has 0 bridgehead atoms. The number of aryl methyl sites for hydroxylation is 1. The Morgan fingerprint density at radius 2 is 1.56 bits per heavy atom. The van der Waals surface area contributed by atoms with Crippen LogP contribution in [0.15, 0.2) is 71.6 Å². The highest BCUT2D eigenvalue weighted by Gasteiger charge is 2.26. The van der Waals surface area contributed by atoms with Crippen LogP contribution in [0.2, 0.25) is 0 Å². The highest BCUT2D eigenvalue weighted by Crippen LogP contribution is 2.31. The lowest BCUT2D eigenvalue weighted by molar-refractivity contribution is 0.471. The Kier molecular flexibility index (Phi) is 4.96. The molecule has 0 amide bonds. The van der Waals surface area contributed by atoms with Crippen molar-refractivity contribution >= 4 is 15.7 Å². The molecule has 3 N–H and O–H groups in total. The molecule has 0 saturated carbocycles. The molecule has 0 atom stereocenters. The maximum Gasteiger partial charge on any atom is 0.264 e. The summed E-state index contributed by atoms with van der Waals surface area (Å²) < 4.78 is 27.6. The van der Waals surface area contributed by atoms with Crippen LogP contribution in [-0.4, -0.2) is 23.7 Å². The SMILES string of the molecule is Cc1ccc(N(Cc2cccc(O)c2)S(=O)(=O)c2ccc(O)cc2)cc1O. The van der Waals surface area contributed by atoms with Gasteiger partial charge in [-0.05, 0) is 60.5 Å². The first-order valence-electron chi connectivity index (χ1n) is 8.17.